The van der Waals surface area contributed by atoms with Gasteiger partial charge in [-0.15, -0.1) is 0 Å². The number of piperidine rings is 1. The monoisotopic (exact) mass is 374 g/mol. The molecule has 0 spiro atoms. The van der Waals surface area contributed by atoms with Crippen LogP contribution in [0.2, 0.25) is 0 Å². The highest BCUT2D eigenvalue weighted by atomic mass is 19.4. The van der Waals surface area contributed by atoms with Crippen LogP contribution in [-0.2, 0) is 11.0 Å². The molecule has 1 saturated heterocycles. The second-order valence-electron chi connectivity index (χ2n) is 6.64. The lowest BCUT2D eigenvalue weighted by Gasteiger charge is -2.31. The zero-order valence-electron chi connectivity index (χ0n) is 14.4. The number of halogens is 3. The largest absolute Gasteiger partial charge is 0.416 e. The number of anilines is 1. The van der Waals surface area contributed by atoms with Gasteiger partial charge in [-0.3, -0.25) is 0 Å². The van der Waals surface area contributed by atoms with Gasteiger partial charge in [-0.2, -0.15) is 22.8 Å². The number of fused-ring (bicyclic) bond motifs is 1. The van der Waals surface area contributed by atoms with Crippen molar-refractivity contribution in [3.63, 3.8) is 0 Å². The smallest absolute Gasteiger partial charge is 0.356 e. The molecule has 0 bridgehead atoms. The summed E-state index contributed by atoms with van der Waals surface area (Å²) in [5.74, 6) is 0.902. The number of carbonyl (C=O) groups excluding carboxylic acids is 1. The number of hydrogen-bond acceptors (Lipinski definition) is 4. The Morgan fingerprint density at radius 2 is 1.93 bits per heavy atom. The third kappa shape index (κ3) is 3.27. The molecular weight excluding hydrogens is 357 g/mol. The molecule has 1 aromatic carbocycles. The Kier molecular flexibility index (Phi) is 4.33. The highest BCUT2D eigenvalue weighted by Gasteiger charge is 2.30. The van der Waals surface area contributed by atoms with Gasteiger partial charge in [-0.1, -0.05) is 12.1 Å². The molecule has 2 aromatic heterocycles. The van der Waals surface area contributed by atoms with Crippen LogP contribution >= 0.6 is 0 Å². The highest BCUT2D eigenvalue weighted by Crippen LogP contribution is 2.33. The summed E-state index contributed by atoms with van der Waals surface area (Å²) in [6, 6.07) is 7.00. The molecule has 0 radical (unpaired) electrons. The number of nitrogens with zero attached hydrogens (tertiary/aromatic N) is 4. The third-order valence-electron chi connectivity index (χ3n) is 4.94. The fourth-order valence-electron chi connectivity index (χ4n) is 3.45. The van der Waals surface area contributed by atoms with E-state index in [0.717, 1.165) is 50.2 Å². The first-order chi connectivity index (χ1) is 13.0. The number of hydrogen-bond donors (Lipinski definition) is 0. The average molecular weight is 374 g/mol. The van der Waals surface area contributed by atoms with E-state index in [9.17, 15) is 18.0 Å². The Bertz CT molecular complexity index is 974. The molecule has 0 amide bonds. The zero-order chi connectivity index (χ0) is 19.0. The van der Waals surface area contributed by atoms with E-state index in [4.69, 9.17) is 0 Å². The van der Waals surface area contributed by atoms with Crippen molar-refractivity contribution >= 4 is 17.8 Å². The fourth-order valence-corrected chi connectivity index (χ4v) is 3.45. The number of benzene rings is 1. The van der Waals surface area contributed by atoms with Gasteiger partial charge in [-0.05, 0) is 36.6 Å². The van der Waals surface area contributed by atoms with Gasteiger partial charge in [0.05, 0.1) is 11.8 Å². The van der Waals surface area contributed by atoms with E-state index in [-0.39, 0.29) is 5.92 Å². The molecule has 0 N–H and O–H groups in total. The van der Waals surface area contributed by atoms with Crippen LogP contribution in [0.25, 0.3) is 16.8 Å². The Labute approximate surface area is 153 Å². The van der Waals surface area contributed by atoms with E-state index in [1.54, 1.807) is 23.0 Å². The van der Waals surface area contributed by atoms with E-state index in [0.29, 0.717) is 16.8 Å². The highest BCUT2D eigenvalue weighted by molar-refractivity contribution is 5.78. The van der Waals surface area contributed by atoms with Gasteiger partial charge in [0.25, 0.3) is 0 Å². The molecule has 3 aromatic rings. The molecule has 0 atom stereocenters. The maximum Gasteiger partial charge on any atom is 0.416 e. The summed E-state index contributed by atoms with van der Waals surface area (Å²) < 4.78 is 40.7. The Morgan fingerprint density at radius 3 is 2.63 bits per heavy atom. The van der Waals surface area contributed by atoms with Crippen LogP contribution in [-0.4, -0.2) is 34.0 Å². The van der Waals surface area contributed by atoms with Crippen LogP contribution in [0, 0.1) is 5.92 Å². The summed E-state index contributed by atoms with van der Waals surface area (Å²) in [7, 11) is 0. The zero-order valence-corrected chi connectivity index (χ0v) is 14.4. The molecule has 140 valence electrons. The van der Waals surface area contributed by atoms with E-state index >= 15 is 0 Å². The van der Waals surface area contributed by atoms with Crippen LogP contribution in [0.3, 0.4) is 0 Å². The third-order valence-corrected chi connectivity index (χ3v) is 4.94. The topological polar surface area (TPSA) is 50.5 Å². The van der Waals surface area contributed by atoms with Crippen LogP contribution < -0.4 is 4.90 Å². The maximum atomic E-state index is 13.0. The van der Waals surface area contributed by atoms with Crippen molar-refractivity contribution < 1.29 is 18.0 Å². The van der Waals surface area contributed by atoms with Gasteiger partial charge in [0.2, 0.25) is 0 Å². The van der Waals surface area contributed by atoms with Gasteiger partial charge >= 0.3 is 6.18 Å². The van der Waals surface area contributed by atoms with Crippen molar-refractivity contribution in [2.75, 3.05) is 18.0 Å². The van der Waals surface area contributed by atoms with Crippen LogP contribution in [0.1, 0.15) is 18.4 Å². The summed E-state index contributed by atoms with van der Waals surface area (Å²) in [6.45, 7) is 1.45. The minimum absolute atomic E-state index is 0.0804. The second-order valence-corrected chi connectivity index (χ2v) is 6.64. The van der Waals surface area contributed by atoms with E-state index in [1.807, 2.05) is 6.07 Å². The van der Waals surface area contributed by atoms with E-state index < -0.39 is 11.7 Å². The standard InChI is InChI=1S/C19H17F3N4O/c20-19(21,22)15-3-1-2-14(10-15)16-11-24-26-17(4-7-23-18(16)26)25-8-5-13(12-27)6-9-25/h1-4,7,10-13H,5-6,8-9H2. The van der Waals surface area contributed by atoms with Gasteiger partial charge in [0, 0.05) is 30.8 Å². The Morgan fingerprint density at radius 1 is 1.15 bits per heavy atom. The number of rotatable bonds is 3. The van der Waals surface area contributed by atoms with Crippen LogP contribution in [0.4, 0.5) is 19.0 Å². The molecule has 0 unspecified atom stereocenters. The van der Waals surface area contributed by atoms with Gasteiger partial charge in [0.15, 0.2) is 5.65 Å². The summed E-state index contributed by atoms with van der Waals surface area (Å²) in [4.78, 5) is 17.4. The predicted octanol–water partition coefficient (Wildman–Crippen LogP) is 3.83. The van der Waals surface area contributed by atoms with Crippen molar-refractivity contribution in [2.45, 2.75) is 19.0 Å². The molecule has 3 heterocycles. The van der Waals surface area contributed by atoms with Gasteiger partial charge in [0.1, 0.15) is 12.1 Å². The van der Waals surface area contributed by atoms with Gasteiger partial charge in [-0.25, -0.2) is 4.98 Å². The molecule has 0 aliphatic carbocycles. The van der Waals surface area contributed by atoms with Crippen LogP contribution in [0.5, 0.6) is 0 Å². The molecular formula is C19H17F3N4O. The summed E-state index contributed by atoms with van der Waals surface area (Å²) in [5.41, 5.74) is 0.769. The van der Waals surface area contributed by atoms with Crippen molar-refractivity contribution in [3.8, 4) is 11.1 Å². The molecule has 1 aliphatic rings. The van der Waals surface area contributed by atoms with Crippen molar-refractivity contribution in [1.29, 1.82) is 0 Å². The lowest BCUT2D eigenvalue weighted by atomic mass is 9.99. The Hall–Kier alpha value is -2.90. The molecule has 1 fully saturated rings. The number of aldehydes is 1. The number of alkyl halides is 3. The van der Waals surface area contributed by atoms with E-state index in [1.165, 1.54) is 6.07 Å². The lowest BCUT2D eigenvalue weighted by Crippen LogP contribution is -2.35. The SMILES string of the molecule is O=CC1CCN(c2ccnc3c(-c4cccc(C(F)(F)F)c4)cnn23)CC1. The van der Waals surface area contributed by atoms with Crippen LogP contribution in [0.15, 0.2) is 42.7 Å². The maximum absolute atomic E-state index is 13.0. The minimum atomic E-state index is -4.40. The van der Waals surface area contributed by atoms with Crippen molar-refractivity contribution in [2.24, 2.45) is 5.92 Å². The Balaban J connectivity index is 1.72. The predicted molar refractivity (Wildman–Crippen MR) is 94.4 cm³/mol. The number of aromatic nitrogens is 3. The minimum Gasteiger partial charge on any atom is -0.356 e. The molecule has 1 aliphatic heterocycles. The first-order valence-electron chi connectivity index (χ1n) is 8.68. The normalized spacial score (nSPS) is 16.0. The molecule has 27 heavy (non-hydrogen) atoms. The van der Waals surface area contributed by atoms with E-state index in [2.05, 4.69) is 15.0 Å². The average Bonchev–Trinajstić information content (AvgIpc) is 3.12. The lowest BCUT2D eigenvalue weighted by molar-refractivity contribution is -0.137. The molecule has 5 nitrogen and oxygen atoms in total. The fraction of sp³-hybridized carbons (Fsp3) is 0.316. The second kappa shape index (κ2) is 6.68. The number of carbonyl (C=O) groups is 1. The molecule has 0 saturated carbocycles. The molecule has 8 heteroatoms. The van der Waals surface area contributed by atoms with Gasteiger partial charge < -0.3 is 9.69 Å². The summed E-state index contributed by atoms with van der Waals surface area (Å²) in [5, 5.41) is 4.36. The summed E-state index contributed by atoms with van der Waals surface area (Å²) >= 11 is 0. The molecule has 4 rings (SSSR count). The summed E-state index contributed by atoms with van der Waals surface area (Å²) in [6.07, 6.45) is 1.32. The van der Waals surface area contributed by atoms with Crippen molar-refractivity contribution in [1.82, 2.24) is 14.6 Å². The quantitative estimate of drug-likeness (QED) is 0.654. The first kappa shape index (κ1) is 17.5. The van der Waals surface area contributed by atoms with Crippen molar-refractivity contribution in [3.05, 3.63) is 48.3 Å². The first-order valence-corrected chi connectivity index (χ1v) is 8.68.